The van der Waals surface area contributed by atoms with E-state index in [4.69, 9.17) is 0 Å². The van der Waals surface area contributed by atoms with Gasteiger partial charge in [0.25, 0.3) is 0 Å². The van der Waals surface area contributed by atoms with Crippen LogP contribution in [0.4, 0.5) is 5.69 Å². The van der Waals surface area contributed by atoms with Crippen molar-refractivity contribution in [3.8, 4) is 0 Å². The summed E-state index contributed by atoms with van der Waals surface area (Å²) in [5.74, 6) is 0. The van der Waals surface area contributed by atoms with E-state index >= 15 is 0 Å². The number of hydrogen-bond acceptors (Lipinski definition) is 2. The second-order valence-electron chi connectivity index (χ2n) is 5.11. The van der Waals surface area contributed by atoms with Gasteiger partial charge in [0.15, 0.2) is 6.29 Å². The molecule has 0 saturated carbocycles. The molecule has 0 spiro atoms. The first-order valence-electron chi connectivity index (χ1n) is 6.84. The Kier molecular flexibility index (Phi) is 3.88. The summed E-state index contributed by atoms with van der Waals surface area (Å²) >= 11 is 3.42. The molecule has 3 heteroatoms. The number of carbonyl (C=O) groups excluding carboxylic acids is 1. The van der Waals surface area contributed by atoms with E-state index in [1.165, 1.54) is 11.1 Å². The zero-order valence-corrected chi connectivity index (χ0v) is 12.8. The number of anilines is 1. The van der Waals surface area contributed by atoms with E-state index in [2.05, 4.69) is 45.1 Å². The molecule has 0 saturated heterocycles. The van der Waals surface area contributed by atoms with Crippen molar-refractivity contribution in [2.24, 2.45) is 0 Å². The first-order valence-corrected chi connectivity index (χ1v) is 7.63. The summed E-state index contributed by atoms with van der Waals surface area (Å²) in [5.41, 5.74) is 4.57. The first-order chi connectivity index (χ1) is 9.78. The Balaban J connectivity index is 1.97. The molecule has 2 aromatic carbocycles. The summed E-state index contributed by atoms with van der Waals surface area (Å²) in [4.78, 5) is 13.6. The van der Waals surface area contributed by atoms with Crippen molar-refractivity contribution in [2.75, 3.05) is 11.4 Å². The fourth-order valence-electron chi connectivity index (χ4n) is 2.81. The maximum Gasteiger partial charge on any atom is 0.152 e. The van der Waals surface area contributed by atoms with Crippen LogP contribution in [0.1, 0.15) is 27.9 Å². The molecule has 0 aliphatic carbocycles. The molecule has 2 aromatic rings. The average molecular weight is 330 g/mol. The van der Waals surface area contributed by atoms with Crippen LogP contribution in [0.5, 0.6) is 0 Å². The number of carbonyl (C=O) groups is 1. The van der Waals surface area contributed by atoms with Crippen LogP contribution in [-0.2, 0) is 13.0 Å². The van der Waals surface area contributed by atoms with Crippen LogP contribution in [0.15, 0.2) is 46.9 Å². The Morgan fingerprint density at radius 1 is 1.10 bits per heavy atom. The van der Waals surface area contributed by atoms with Crippen molar-refractivity contribution in [3.05, 3.63) is 63.6 Å². The van der Waals surface area contributed by atoms with Gasteiger partial charge in [0.05, 0.1) is 0 Å². The molecule has 2 nitrogen and oxygen atoms in total. The number of rotatable bonds is 2. The van der Waals surface area contributed by atoms with E-state index in [0.717, 1.165) is 47.9 Å². The molecule has 1 aliphatic rings. The molecule has 20 heavy (non-hydrogen) atoms. The summed E-state index contributed by atoms with van der Waals surface area (Å²) in [6.07, 6.45) is 3.17. The molecule has 0 N–H and O–H groups in total. The summed E-state index contributed by atoms with van der Waals surface area (Å²) in [7, 11) is 0. The molecule has 0 bridgehead atoms. The van der Waals surface area contributed by atoms with E-state index in [9.17, 15) is 4.79 Å². The number of benzene rings is 2. The minimum absolute atomic E-state index is 0.749. The summed E-state index contributed by atoms with van der Waals surface area (Å²) in [6.45, 7) is 1.86. The van der Waals surface area contributed by atoms with Crippen molar-refractivity contribution in [1.29, 1.82) is 0 Å². The Morgan fingerprint density at radius 2 is 1.90 bits per heavy atom. The standard InChI is InChI=1S/C17H16BrNO/c18-16-7-8-17(15(10-16)12-20)19-9-3-6-13-4-1-2-5-14(13)11-19/h1-2,4-5,7-8,10,12H,3,6,9,11H2. The molecule has 0 radical (unpaired) electrons. The maximum absolute atomic E-state index is 11.3. The third-order valence-electron chi connectivity index (χ3n) is 3.81. The number of halogens is 1. The summed E-state index contributed by atoms with van der Waals surface area (Å²) in [6, 6.07) is 14.5. The second kappa shape index (κ2) is 5.80. The molecule has 0 fully saturated rings. The predicted molar refractivity (Wildman–Crippen MR) is 85.3 cm³/mol. The van der Waals surface area contributed by atoms with Crippen LogP contribution < -0.4 is 4.90 Å². The van der Waals surface area contributed by atoms with Crippen molar-refractivity contribution >= 4 is 27.9 Å². The van der Waals surface area contributed by atoms with Crippen LogP contribution in [0, 0.1) is 0 Å². The van der Waals surface area contributed by atoms with Gasteiger partial charge in [-0.05, 0) is 42.2 Å². The molecular formula is C17H16BrNO. The van der Waals surface area contributed by atoms with Crippen LogP contribution in [0.25, 0.3) is 0 Å². The Bertz CT molecular complexity index is 639. The van der Waals surface area contributed by atoms with E-state index in [1.807, 2.05) is 18.2 Å². The van der Waals surface area contributed by atoms with Gasteiger partial charge in [-0.3, -0.25) is 4.79 Å². The lowest BCUT2D eigenvalue weighted by Crippen LogP contribution is -2.23. The third-order valence-corrected chi connectivity index (χ3v) is 4.30. The van der Waals surface area contributed by atoms with Gasteiger partial charge in [0.1, 0.15) is 0 Å². The van der Waals surface area contributed by atoms with Gasteiger partial charge in [-0.2, -0.15) is 0 Å². The minimum Gasteiger partial charge on any atom is -0.367 e. The third kappa shape index (κ3) is 2.63. The van der Waals surface area contributed by atoms with Crippen molar-refractivity contribution in [2.45, 2.75) is 19.4 Å². The van der Waals surface area contributed by atoms with E-state index in [0.29, 0.717) is 0 Å². The van der Waals surface area contributed by atoms with E-state index in [-0.39, 0.29) is 0 Å². The number of aldehydes is 1. The summed E-state index contributed by atoms with van der Waals surface area (Å²) < 4.78 is 0.943. The lowest BCUT2D eigenvalue weighted by molar-refractivity contribution is 0.112. The minimum atomic E-state index is 0.749. The average Bonchev–Trinajstić information content (AvgIpc) is 2.69. The van der Waals surface area contributed by atoms with Gasteiger partial charge in [-0.15, -0.1) is 0 Å². The molecule has 1 heterocycles. The molecule has 0 amide bonds. The molecular weight excluding hydrogens is 314 g/mol. The van der Waals surface area contributed by atoms with Gasteiger partial charge < -0.3 is 4.90 Å². The highest BCUT2D eigenvalue weighted by atomic mass is 79.9. The van der Waals surface area contributed by atoms with Crippen LogP contribution >= 0.6 is 15.9 Å². The van der Waals surface area contributed by atoms with Crippen LogP contribution in [0.2, 0.25) is 0 Å². The highest BCUT2D eigenvalue weighted by molar-refractivity contribution is 9.10. The highest BCUT2D eigenvalue weighted by Gasteiger charge is 2.16. The smallest absolute Gasteiger partial charge is 0.152 e. The molecule has 102 valence electrons. The zero-order valence-electron chi connectivity index (χ0n) is 11.2. The molecule has 3 rings (SSSR count). The largest absolute Gasteiger partial charge is 0.367 e. The van der Waals surface area contributed by atoms with Gasteiger partial charge >= 0.3 is 0 Å². The first kappa shape index (κ1) is 13.4. The molecule has 1 aliphatic heterocycles. The Labute approximate surface area is 127 Å². The Hall–Kier alpha value is -1.61. The van der Waals surface area contributed by atoms with Gasteiger partial charge in [-0.25, -0.2) is 0 Å². The lowest BCUT2D eigenvalue weighted by atomic mass is 10.0. The maximum atomic E-state index is 11.3. The molecule has 0 aromatic heterocycles. The number of hydrogen-bond donors (Lipinski definition) is 0. The number of aryl methyl sites for hydroxylation is 1. The molecule has 0 unspecified atom stereocenters. The lowest BCUT2D eigenvalue weighted by Gasteiger charge is -2.24. The van der Waals surface area contributed by atoms with Crippen LogP contribution in [0.3, 0.4) is 0 Å². The van der Waals surface area contributed by atoms with Gasteiger partial charge in [-0.1, -0.05) is 40.2 Å². The predicted octanol–water partition coefficient (Wildman–Crippen LogP) is 4.21. The van der Waals surface area contributed by atoms with Gasteiger partial charge in [0, 0.05) is 28.8 Å². The second-order valence-corrected chi connectivity index (χ2v) is 6.03. The van der Waals surface area contributed by atoms with Crippen LogP contribution in [-0.4, -0.2) is 12.8 Å². The van der Waals surface area contributed by atoms with E-state index < -0.39 is 0 Å². The van der Waals surface area contributed by atoms with Crippen molar-refractivity contribution < 1.29 is 4.79 Å². The zero-order chi connectivity index (χ0) is 13.9. The van der Waals surface area contributed by atoms with Crippen molar-refractivity contribution in [3.63, 3.8) is 0 Å². The van der Waals surface area contributed by atoms with E-state index in [1.54, 1.807) is 0 Å². The van der Waals surface area contributed by atoms with Gasteiger partial charge in [0.2, 0.25) is 0 Å². The van der Waals surface area contributed by atoms with Crippen molar-refractivity contribution in [1.82, 2.24) is 0 Å². The Morgan fingerprint density at radius 3 is 2.70 bits per heavy atom. The summed E-state index contributed by atoms with van der Waals surface area (Å²) in [5, 5.41) is 0. The fraction of sp³-hybridized carbons (Fsp3) is 0.235. The quantitative estimate of drug-likeness (QED) is 0.769. The highest BCUT2D eigenvalue weighted by Crippen LogP contribution is 2.28. The normalized spacial score (nSPS) is 14.6. The fourth-order valence-corrected chi connectivity index (χ4v) is 3.19. The number of fused-ring (bicyclic) bond motifs is 1. The topological polar surface area (TPSA) is 20.3 Å². The monoisotopic (exact) mass is 329 g/mol. The molecule has 0 atom stereocenters. The SMILES string of the molecule is O=Cc1cc(Br)ccc1N1CCCc2ccccc2C1. The number of nitrogens with zero attached hydrogens (tertiary/aromatic N) is 1.